The molecule has 0 aromatic carbocycles. The van der Waals surface area contributed by atoms with E-state index in [0.29, 0.717) is 24.7 Å². The van der Waals surface area contributed by atoms with Gasteiger partial charge in [-0.25, -0.2) is 0 Å². The lowest BCUT2D eigenvalue weighted by Gasteiger charge is -2.26. The summed E-state index contributed by atoms with van der Waals surface area (Å²) in [5.41, 5.74) is 2.63. The number of nitrogens with one attached hydrogen (secondary N) is 1. The standard InChI is InChI=1S/C19H23N3O2S.2C2H6/c23-17-5-3-15-4-6-18(21-19(15)20-17)24-11-2-1-9-22-10-7-14-8-12-25-16(14)13-22;2*1-2/h4,6,8,12H,1-3,5,7,9-11,13H2,(H,20,21,23);2*1-2H3. The number of anilines is 1. The van der Waals surface area contributed by atoms with Crippen molar-refractivity contribution in [3.8, 4) is 5.88 Å². The fraction of sp³-hybridized carbons (Fsp3) is 0.565. The third kappa shape index (κ3) is 6.82. The SMILES string of the molecule is CC.CC.O=C1CCc2ccc(OCCCCN3CCc4ccsc4C3)nc2N1. The van der Waals surface area contributed by atoms with Crippen LogP contribution in [0.3, 0.4) is 0 Å². The molecule has 0 unspecified atom stereocenters. The average Bonchev–Trinajstić information content (AvgIpc) is 3.24. The lowest BCUT2D eigenvalue weighted by Crippen LogP contribution is -2.30. The molecule has 2 aliphatic rings. The second-order valence-electron chi connectivity index (χ2n) is 6.66. The maximum Gasteiger partial charge on any atom is 0.225 e. The Morgan fingerprint density at radius 3 is 2.72 bits per heavy atom. The van der Waals surface area contributed by atoms with Gasteiger partial charge in [0.05, 0.1) is 6.61 Å². The molecular weight excluding hydrogens is 382 g/mol. The maximum absolute atomic E-state index is 11.5. The Morgan fingerprint density at radius 1 is 1.07 bits per heavy atom. The van der Waals surface area contributed by atoms with E-state index in [1.807, 2.05) is 51.2 Å². The van der Waals surface area contributed by atoms with Gasteiger partial charge < -0.3 is 10.1 Å². The molecule has 0 aliphatic carbocycles. The molecule has 4 heterocycles. The van der Waals surface area contributed by atoms with Crippen LogP contribution < -0.4 is 10.1 Å². The lowest BCUT2D eigenvalue weighted by atomic mass is 10.1. The molecule has 5 nitrogen and oxygen atoms in total. The van der Waals surface area contributed by atoms with Crippen molar-refractivity contribution in [2.45, 2.75) is 66.3 Å². The zero-order chi connectivity index (χ0) is 21.1. The second-order valence-corrected chi connectivity index (χ2v) is 7.66. The van der Waals surface area contributed by atoms with Gasteiger partial charge in [0.1, 0.15) is 5.82 Å². The number of fused-ring (bicyclic) bond motifs is 2. The van der Waals surface area contributed by atoms with Crippen LogP contribution in [0, 0.1) is 0 Å². The molecule has 2 aromatic heterocycles. The first-order valence-corrected chi connectivity index (χ1v) is 11.9. The number of thiophene rings is 1. The summed E-state index contributed by atoms with van der Waals surface area (Å²) >= 11 is 1.88. The van der Waals surface area contributed by atoms with Gasteiger partial charge in [-0.1, -0.05) is 27.7 Å². The second kappa shape index (κ2) is 12.6. The van der Waals surface area contributed by atoms with Gasteiger partial charge in [0.15, 0.2) is 0 Å². The van der Waals surface area contributed by atoms with Crippen LogP contribution in [0.4, 0.5) is 5.82 Å². The molecule has 160 valence electrons. The molecule has 0 radical (unpaired) electrons. The van der Waals surface area contributed by atoms with Crippen molar-refractivity contribution in [3.63, 3.8) is 0 Å². The van der Waals surface area contributed by atoms with Crippen LogP contribution in [0.1, 0.15) is 63.0 Å². The van der Waals surface area contributed by atoms with Crippen molar-refractivity contribution in [3.05, 3.63) is 39.6 Å². The third-order valence-corrected chi connectivity index (χ3v) is 5.80. The highest BCUT2D eigenvalue weighted by Crippen LogP contribution is 2.25. The Kier molecular flexibility index (Phi) is 10.2. The van der Waals surface area contributed by atoms with Crippen molar-refractivity contribution >= 4 is 23.1 Å². The van der Waals surface area contributed by atoms with Crippen molar-refractivity contribution in [2.24, 2.45) is 0 Å². The van der Waals surface area contributed by atoms with Crippen LogP contribution in [-0.4, -0.2) is 35.5 Å². The number of nitrogens with zero attached hydrogens (tertiary/aromatic N) is 2. The Morgan fingerprint density at radius 2 is 1.90 bits per heavy atom. The van der Waals surface area contributed by atoms with E-state index in [2.05, 4.69) is 26.6 Å². The van der Waals surface area contributed by atoms with Crippen molar-refractivity contribution < 1.29 is 9.53 Å². The first-order chi connectivity index (χ1) is 14.3. The number of aromatic nitrogens is 1. The molecule has 0 fully saturated rings. The summed E-state index contributed by atoms with van der Waals surface area (Å²) in [5, 5.41) is 5.02. The first-order valence-electron chi connectivity index (χ1n) is 11.0. The zero-order valence-electron chi connectivity index (χ0n) is 18.3. The normalized spacial score (nSPS) is 15.0. The number of ether oxygens (including phenoxy) is 1. The van der Waals surface area contributed by atoms with Crippen molar-refractivity contribution in [1.82, 2.24) is 9.88 Å². The monoisotopic (exact) mass is 417 g/mol. The topological polar surface area (TPSA) is 54.5 Å². The fourth-order valence-corrected chi connectivity index (χ4v) is 4.37. The molecule has 1 amide bonds. The van der Waals surface area contributed by atoms with E-state index in [0.717, 1.165) is 44.5 Å². The van der Waals surface area contributed by atoms with Gasteiger partial charge in [0, 0.05) is 30.5 Å². The van der Waals surface area contributed by atoms with Gasteiger partial charge in [-0.2, -0.15) is 4.98 Å². The highest BCUT2D eigenvalue weighted by molar-refractivity contribution is 7.10. The molecule has 6 heteroatoms. The molecule has 0 bridgehead atoms. The Bertz CT molecular complexity index is 760. The summed E-state index contributed by atoms with van der Waals surface area (Å²) in [7, 11) is 0. The first kappa shape index (κ1) is 23.4. The summed E-state index contributed by atoms with van der Waals surface area (Å²) in [6, 6.07) is 6.17. The molecule has 0 atom stereocenters. The summed E-state index contributed by atoms with van der Waals surface area (Å²) in [4.78, 5) is 19.9. The average molecular weight is 418 g/mol. The van der Waals surface area contributed by atoms with Crippen molar-refractivity contribution in [2.75, 3.05) is 25.0 Å². The lowest BCUT2D eigenvalue weighted by molar-refractivity contribution is -0.116. The molecule has 2 aliphatic heterocycles. The van der Waals surface area contributed by atoms with E-state index in [1.54, 1.807) is 0 Å². The smallest absolute Gasteiger partial charge is 0.225 e. The number of pyridine rings is 1. The quantitative estimate of drug-likeness (QED) is 0.648. The van der Waals surface area contributed by atoms with Gasteiger partial charge in [-0.05, 0) is 60.9 Å². The van der Waals surface area contributed by atoms with Gasteiger partial charge in [-0.15, -0.1) is 11.3 Å². The van der Waals surface area contributed by atoms with Crippen LogP contribution in [-0.2, 0) is 24.2 Å². The summed E-state index contributed by atoms with van der Waals surface area (Å²) in [5.74, 6) is 1.29. The minimum absolute atomic E-state index is 0.0348. The van der Waals surface area contributed by atoms with Crippen LogP contribution in [0.2, 0.25) is 0 Å². The van der Waals surface area contributed by atoms with Gasteiger partial charge in [0.25, 0.3) is 0 Å². The number of hydrogen-bond donors (Lipinski definition) is 1. The highest BCUT2D eigenvalue weighted by Gasteiger charge is 2.17. The molecule has 0 saturated carbocycles. The fourth-order valence-electron chi connectivity index (χ4n) is 3.40. The van der Waals surface area contributed by atoms with Crippen LogP contribution >= 0.6 is 11.3 Å². The summed E-state index contributed by atoms with van der Waals surface area (Å²) in [6.45, 7) is 12.0. The molecular formula is C23H35N3O2S. The van der Waals surface area contributed by atoms with E-state index >= 15 is 0 Å². The molecule has 2 aromatic rings. The largest absolute Gasteiger partial charge is 0.478 e. The predicted octanol–water partition coefficient (Wildman–Crippen LogP) is 5.30. The van der Waals surface area contributed by atoms with E-state index < -0.39 is 0 Å². The minimum Gasteiger partial charge on any atom is -0.478 e. The number of carbonyl (C=O) groups excluding carboxylic acids is 1. The van der Waals surface area contributed by atoms with Crippen LogP contribution in [0.15, 0.2) is 23.6 Å². The van der Waals surface area contributed by atoms with E-state index in [4.69, 9.17) is 4.74 Å². The number of carbonyl (C=O) groups is 1. The summed E-state index contributed by atoms with van der Waals surface area (Å²) in [6.07, 6.45) is 4.62. The van der Waals surface area contributed by atoms with Crippen LogP contribution in [0.5, 0.6) is 5.88 Å². The van der Waals surface area contributed by atoms with E-state index in [-0.39, 0.29) is 5.91 Å². The predicted molar refractivity (Wildman–Crippen MR) is 122 cm³/mol. The van der Waals surface area contributed by atoms with E-state index in [9.17, 15) is 4.79 Å². The highest BCUT2D eigenvalue weighted by atomic mass is 32.1. The minimum atomic E-state index is 0.0348. The Balaban J connectivity index is 0.000000707. The Hall–Kier alpha value is -1.92. The Labute approximate surface area is 179 Å². The van der Waals surface area contributed by atoms with Crippen molar-refractivity contribution in [1.29, 1.82) is 0 Å². The number of amides is 1. The number of unbranched alkanes of at least 4 members (excludes halogenated alkanes) is 1. The molecule has 4 rings (SSSR count). The zero-order valence-corrected chi connectivity index (χ0v) is 19.1. The maximum atomic E-state index is 11.5. The molecule has 0 saturated heterocycles. The van der Waals surface area contributed by atoms with Gasteiger partial charge in [-0.3, -0.25) is 9.69 Å². The number of rotatable bonds is 6. The number of hydrogen-bond acceptors (Lipinski definition) is 5. The third-order valence-electron chi connectivity index (χ3n) is 4.85. The molecule has 29 heavy (non-hydrogen) atoms. The van der Waals surface area contributed by atoms with E-state index in [1.165, 1.54) is 16.9 Å². The van der Waals surface area contributed by atoms with Gasteiger partial charge >= 0.3 is 0 Å². The molecule has 1 N–H and O–H groups in total. The van der Waals surface area contributed by atoms with Crippen LogP contribution in [0.25, 0.3) is 0 Å². The molecule has 0 spiro atoms. The number of aryl methyl sites for hydroxylation is 1. The van der Waals surface area contributed by atoms with Gasteiger partial charge in [0.2, 0.25) is 11.8 Å². The summed E-state index contributed by atoms with van der Waals surface area (Å²) < 4.78 is 5.76.